The molecule has 0 radical (unpaired) electrons. The first kappa shape index (κ1) is 11.7. The van der Waals surface area contributed by atoms with Crippen molar-refractivity contribution in [3.8, 4) is 0 Å². The lowest BCUT2D eigenvalue weighted by Crippen LogP contribution is -2.29. The van der Waals surface area contributed by atoms with Gasteiger partial charge in [-0.15, -0.1) is 11.3 Å². The van der Waals surface area contributed by atoms with Crippen molar-refractivity contribution in [1.29, 1.82) is 0 Å². The Hall–Kier alpha value is -0.390. The van der Waals surface area contributed by atoms with Crippen LogP contribution in [0, 0.1) is 0 Å². The molecule has 0 aliphatic heterocycles. The second-order valence-electron chi connectivity index (χ2n) is 2.98. The summed E-state index contributed by atoms with van der Waals surface area (Å²) in [4.78, 5) is 12.1. The molecule has 0 atom stereocenters. The van der Waals surface area contributed by atoms with Crippen LogP contribution in [0.3, 0.4) is 0 Å². The molecule has 14 heavy (non-hydrogen) atoms. The molecule has 0 saturated heterocycles. The minimum Gasteiger partial charge on any atom is -0.294 e. The number of amides is 1. The molecule has 1 aromatic heterocycles. The predicted molar refractivity (Wildman–Crippen MR) is 61.9 cm³/mol. The lowest BCUT2D eigenvalue weighted by atomic mass is 10.2. The van der Waals surface area contributed by atoms with Gasteiger partial charge in [-0.3, -0.25) is 10.2 Å². The van der Waals surface area contributed by atoms with Gasteiger partial charge in [0.1, 0.15) is 0 Å². The van der Waals surface area contributed by atoms with Gasteiger partial charge in [0.05, 0.1) is 3.79 Å². The van der Waals surface area contributed by atoms with Crippen LogP contribution in [0.2, 0.25) is 0 Å². The zero-order chi connectivity index (χ0) is 10.4. The molecule has 0 fully saturated rings. The Bertz CT molecular complexity index is 301. The summed E-state index contributed by atoms with van der Waals surface area (Å²) in [6, 6.07) is 4.16. The first-order valence-electron chi connectivity index (χ1n) is 4.46. The highest BCUT2D eigenvalue weighted by molar-refractivity contribution is 9.11. The average Bonchev–Trinajstić information content (AvgIpc) is 2.58. The van der Waals surface area contributed by atoms with E-state index in [4.69, 9.17) is 5.84 Å². The lowest BCUT2D eigenvalue weighted by molar-refractivity contribution is -0.121. The molecular weight excluding hydrogens is 264 g/mol. The van der Waals surface area contributed by atoms with Crippen LogP contribution >= 0.6 is 27.3 Å². The van der Waals surface area contributed by atoms with Crippen LogP contribution in [0.1, 0.15) is 24.1 Å². The molecule has 0 aromatic carbocycles. The molecule has 3 nitrogen and oxygen atoms in total. The summed E-state index contributed by atoms with van der Waals surface area (Å²) in [7, 11) is 0. The fraction of sp³-hybridized carbons (Fsp3) is 0.444. The summed E-state index contributed by atoms with van der Waals surface area (Å²) in [6.07, 6.45) is 3.47. The molecule has 0 aliphatic rings. The molecule has 0 aliphatic carbocycles. The van der Waals surface area contributed by atoms with Crippen molar-refractivity contribution in [1.82, 2.24) is 5.43 Å². The van der Waals surface area contributed by atoms with Crippen molar-refractivity contribution in [2.24, 2.45) is 5.84 Å². The van der Waals surface area contributed by atoms with E-state index in [2.05, 4.69) is 27.4 Å². The Balaban J connectivity index is 2.13. The van der Waals surface area contributed by atoms with Crippen molar-refractivity contribution in [2.45, 2.75) is 25.7 Å². The van der Waals surface area contributed by atoms with Crippen LogP contribution < -0.4 is 11.3 Å². The van der Waals surface area contributed by atoms with Crippen LogP contribution in [-0.2, 0) is 11.2 Å². The highest BCUT2D eigenvalue weighted by Crippen LogP contribution is 2.23. The van der Waals surface area contributed by atoms with Crippen molar-refractivity contribution in [3.63, 3.8) is 0 Å². The highest BCUT2D eigenvalue weighted by atomic mass is 79.9. The third-order valence-electron chi connectivity index (χ3n) is 1.87. The average molecular weight is 277 g/mol. The third-order valence-corrected chi connectivity index (χ3v) is 3.55. The minimum absolute atomic E-state index is 0.0858. The van der Waals surface area contributed by atoms with Crippen molar-refractivity contribution >= 4 is 33.2 Å². The summed E-state index contributed by atoms with van der Waals surface area (Å²) in [5.74, 6) is 4.88. The number of nitrogens with two attached hydrogens (primary N) is 1. The first-order valence-corrected chi connectivity index (χ1v) is 6.07. The number of carbonyl (C=O) groups excluding carboxylic acids is 1. The maximum atomic E-state index is 10.8. The van der Waals surface area contributed by atoms with Gasteiger partial charge in [-0.2, -0.15) is 0 Å². The zero-order valence-electron chi connectivity index (χ0n) is 7.75. The van der Waals surface area contributed by atoms with Gasteiger partial charge in [0.2, 0.25) is 5.91 Å². The van der Waals surface area contributed by atoms with E-state index in [0.29, 0.717) is 6.42 Å². The number of halogens is 1. The normalized spacial score (nSPS) is 10.1. The number of carbonyl (C=O) groups is 1. The summed E-state index contributed by atoms with van der Waals surface area (Å²) in [5, 5.41) is 0. The molecule has 1 aromatic rings. The Morgan fingerprint density at radius 3 is 2.86 bits per heavy atom. The topological polar surface area (TPSA) is 55.1 Å². The number of hydrazine groups is 1. The summed E-state index contributed by atoms with van der Waals surface area (Å²) in [5.41, 5.74) is 2.12. The summed E-state index contributed by atoms with van der Waals surface area (Å²) < 4.78 is 1.16. The second-order valence-corrected chi connectivity index (χ2v) is 5.53. The van der Waals surface area contributed by atoms with Crippen molar-refractivity contribution in [2.75, 3.05) is 0 Å². The Kier molecular flexibility index (Phi) is 5.14. The fourth-order valence-electron chi connectivity index (χ4n) is 1.14. The molecule has 3 N–H and O–H groups in total. The SMILES string of the molecule is NNC(=O)CCCCc1ccc(Br)s1. The molecule has 0 bridgehead atoms. The van der Waals surface area contributed by atoms with Gasteiger partial charge >= 0.3 is 0 Å². The van der Waals surface area contributed by atoms with E-state index in [1.54, 1.807) is 11.3 Å². The Morgan fingerprint density at radius 2 is 2.29 bits per heavy atom. The molecule has 5 heteroatoms. The van der Waals surface area contributed by atoms with Gasteiger partial charge in [0.25, 0.3) is 0 Å². The summed E-state index contributed by atoms with van der Waals surface area (Å²) >= 11 is 5.16. The fourth-order valence-corrected chi connectivity index (χ4v) is 2.67. The van der Waals surface area contributed by atoms with E-state index in [1.807, 2.05) is 6.07 Å². The quantitative estimate of drug-likeness (QED) is 0.375. The predicted octanol–water partition coefficient (Wildman–Crippen LogP) is 2.21. The van der Waals surface area contributed by atoms with Gasteiger partial charge < -0.3 is 0 Å². The summed E-state index contributed by atoms with van der Waals surface area (Å²) in [6.45, 7) is 0. The van der Waals surface area contributed by atoms with Gasteiger partial charge in [-0.1, -0.05) is 0 Å². The zero-order valence-corrected chi connectivity index (χ0v) is 10.2. The Morgan fingerprint density at radius 1 is 1.50 bits per heavy atom. The second kappa shape index (κ2) is 6.16. The highest BCUT2D eigenvalue weighted by Gasteiger charge is 2.00. The number of hydrogen-bond acceptors (Lipinski definition) is 3. The lowest BCUT2D eigenvalue weighted by Gasteiger charge is -1.98. The monoisotopic (exact) mass is 276 g/mol. The van der Waals surface area contributed by atoms with Crippen LogP contribution in [0.4, 0.5) is 0 Å². The number of thiophene rings is 1. The number of rotatable bonds is 5. The van der Waals surface area contributed by atoms with Crippen molar-refractivity contribution < 1.29 is 4.79 Å². The van der Waals surface area contributed by atoms with Gasteiger partial charge in [-0.25, -0.2) is 5.84 Å². The molecule has 1 heterocycles. The van der Waals surface area contributed by atoms with Crippen LogP contribution in [-0.4, -0.2) is 5.91 Å². The molecule has 1 amide bonds. The third kappa shape index (κ3) is 4.21. The van der Waals surface area contributed by atoms with Crippen LogP contribution in [0.25, 0.3) is 0 Å². The maximum absolute atomic E-state index is 10.8. The smallest absolute Gasteiger partial charge is 0.233 e. The molecule has 0 spiro atoms. The Labute approximate surface area is 95.8 Å². The van der Waals surface area contributed by atoms with Crippen LogP contribution in [0.5, 0.6) is 0 Å². The number of nitrogens with one attached hydrogen (secondary N) is 1. The number of unbranched alkanes of at least 4 members (excludes halogenated alkanes) is 1. The molecular formula is C9H13BrN2OS. The van der Waals surface area contributed by atoms with E-state index in [0.717, 1.165) is 23.0 Å². The van der Waals surface area contributed by atoms with E-state index in [-0.39, 0.29) is 5.91 Å². The van der Waals surface area contributed by atoms with Gasteiger partial charge in [0.15, 0.2) is 0 Å². The van der Waals surface area contributed by atoms with E-state index < -0.39 is 0 Å². The molecule has 78 valence electrons. The molecule has 0 saturated carbocycles. The largest absolute Gasteiger partial charge is 0.294 e. The maximum Gasteiger partial charge on any atom is 0.233 e. The standard InChI is InChI=1S/C9H13BrN2OS/c10-8-6-5-7(14-8)3-1-2-4-9(13)12-11/h5-6H,1-4,11H2,(H,12,13). The van der Waals surface area contributed by atoms with Crippen LogP contribution in [0.15, 0.2) is 15.9 Å². The number of hydrogen-bond donors (Lipinski definition) is 2. The number of aryl methyl sites for hydroxylation is 1. The van der Waals surface area contributed by atoms with Gasteiger partial charge in [-0.05, 0) is 47.3 Å². The van der Waals surface area contributed by atoms with E-state index in [9.17, 15) is 4.79 Å². The molecule has 1 rings (SSSR count). The van der Waals surface area contributed by atoms with Crippen molar-refractivity contribution in [3.05, 3.63) is 20.8 Å². The first-order chi connectivity index (χ1) is 6.72. The van der Waals surface area contributed by atoms with Gasteiger partial charge in [0, 0.05) is 11.3 Å². The molecule has 0 unspecified atom stereocenters. The van der Waals surface area contributed by atoms with E-state index >= 15 is 0 Å². The minimum atomic E-state index is -0.0858. The van der Waals surface area contributed by atoms with E-state index in [1.165, 1.54) is 4.88 Å².